The Balaban J connectivity index is 1.62. The van der Waals surface area contributed by atoms with Crippen molar-refractivity contribution in [2.75, 3.05) is 26.3 Å². The lowest BCUT2D eigenvalue weighted by atomic mass is 10.1. The lowest BCUT2D eigenvalue weighted by Crippen LogP contribution is -2.34. The molecule has 2 N–H and O–H groups in total. The molecule has 172 valence electrons. The van der Waals surface area contributed by atoms with Crippen LogP contribution in [0.3, 0.4) is 0 Å². The van der Waals surface area contributed by atoms with Gasteiger partial charge in [-0.25, -0.2) is 0 Å². The summed E-state index contributed by atoms with van der Waals surface area (Å²) in [5.41, 5.74) is 1.16. The van der Waals surface area contributed by atoms with Crippen LogP contribution in [0.2, 0.25) is 0 Å². The molecule has 0 bridgehead atoms. The molecule has 2 aromatic carbocycles. The standard InChI is InChI=1S/C22H24F2N2O6/c1-2-30-17-9-5-16(6-10-17)21(29)26-13-20(28)31-14-19(27)25-12-11-15-3-7-18(8-4-15)32-22(23)24/h3-10,22H,2,11-14H2,1H3,(H,25,27)(H,26,29). The van der Waals surface area contributed by atoms with Crippen molar-refractivity contribution in [2.24, 2.45) is 0 Å². The van der Waals surface area contributed by atoms with Gasteiger partial charge in [0.15, 0.2) is 6.61 Å². The molecule has 0 radical (unpaired) electrons. The Hall–Kier alpha value is -3.69. The zero-order valence-corrected chi connectivity index (χ0v) is 17.4. The predicted octanol–water partition coefficient (Wildman–Crippen LogP) is 2.32. The van der Waals surface area contributed by atoms with Crippen molar-refractivity contribution < 1.29 is 37.4 Å². The second-order valence-electron chi connectivity index (χ2n) is 6.42. The van der Waals surface area contributed by atoms with Crippen LogP contribution in [0, 0.1) is 0 Å². The number of ether oxygens (including phenoxy) is 3. The molecule has 0 aliphatic heterocycles. The van der Waals surface area contributed by atoms with Gasteiger partial charge in [-0.1, -0.05) is 12.1 Å². The van der Waals surface area contributed by atoms with Crippen molar-refractivity contribution >= 4 is 17.8 Å². The minimum atomic E-state index is -2.89. The van der Waals surface area contributed by atoms with Crippen molar-refractivity contribution in [1.82, 2.24) is 10.6 Å². The Kier molecular flexibility index (Phi) is 9.89. The van der Waals surface area contributed by atoms with E-state index in [0.717, 1.165) is 5.56 Å². The maximum atomic E-state index is 12.1. The molecule has 0 aromatic heterocycles. The third-order valence-corrected chi connectivity index (χ3v) is 4.07. The summed E-state index contributed by atoms with van der Waals surface area (Å²) in [6.07, 6.45) is 0.451. The molecule has 2 aromatic rings. The SMILES string of the molecule is CCOc1ccc(C(=O)NCC(=O)OCC(=O)NCCc2ccc(OC(F)F)cc2)cc1. The molecule has 2 rings (SSSR count). The van der Waals surface area contributed by atoms with Gasteiger partial charge in [0.1, 0.15) is 18.0 Å². The Morgan fingerprint density at radius 1 is 0.938 bits per heavy atom. The van der Waals surface area contributed by atoms with E-state index in [1.807, 2.05) is 6.92 Å². The van der Waals surface area contributed by atoms with Crippen LogP contribution in [-0.2, 0) is 20.7 Å². The van der Waals surface area contributed by atoms with Crippen LogP contribution in [0.1, 0.15) is 22.8 Å². The summed E-state index contributed by atoms with van der Waals surface area (Å²) in [6.45, 7) is -1.13. The van der Waals surface area contributed by atoms with Gasteiger partial charge in [0.25, 0.3) is 11.8 Å². The van der Waals surface area contributed by atoms with E-state index in [-0.39, 0.29) is 18.8 Å². The maximum absolute atomic E-state index is 12.1. The van der Waals surface area contributed by atoms with Gasteiger partial charge in [0.2, 0.25) is 0 Å². The topological polar surface area (TPSA) is 103 Å². The molecule has 10 heteroatoms. The molecular formula is C22H24F2N2O6. The van der Waals surface area contributed by atoms with Gasteiger partial charge >= 0.3 is 12.6 Å². The highest BCUT2D eigenvalue weighted by Crippen LogP contribution is 2.15. The molecule has 0 aliphatic rings. The Morgan fingerprint density at radius 3 is 2.22 bits per heavy atom. The molecule has 0 heterocycles. The van der Waals surface area contributed by atoms with Crippen molar-refractivity contribution in [1.29, 1.82) is 0 Å². The van der Waals surface area contributed by atoms with Crippen LogP contribution in [0.15, 0.2) is 48.5 Å². The largest absolute Gasteiger partial charge is 0.494 e. The fourth-order valence-corrected chi connectivity index (χ4v) is 2.56. The molecule has 0 aliphatic carbocycles. The van der Waals surface area contributed by atoms with E-state index >= 15 is 0 Å². The molecule has 0 unspecified atom stereocenters. The van der Waals surface area contributed by atoms with Gasteiger partial charge in [0, 0.05) is 12.1 Å². The number of hydrogen-bond donors (Lipinski definition) is 2. The van der Waals surface area contributed by atoms with Gasteiger partial charge in [-0.15, -0.1) is 0 Å². The number of nitrogens with one attached hydrogen (secondary N) is 2. The van der Waals surface area contributed by atoms with Crippen molar-refractivity contribution in [3.8, 4) is 11.5 Å². The first-order valence-electron chi connectivity index (χ1n) is 9.84. The van der Waals surface area contributed by atoms with Gasteiger partial charge in [-0.05, 0) is 55.3 Å². The molecule has 2 amide bonds. The number of alkyl halides is 2. The summed E-state index contributed by atoms with van der Waals surface area (Å²) >= 11 is 0. The van der Waals surface area contributed by atoms with E-state index in [2.05, 4.69) is 15.4 Å². The first-order valence-corrected chi connectivity index (χ1v) is 9.84. The third kappa shape index (κ3) is 8.99. The molecule has 32 heavy (non-hydrogen) atoms. The second-order valence-corrected chi connectivity index (χ2v) is 6.42. The normalized spacial score (nSPS) is 10.4. The van der Waals surface area contributed by atoms with Crippen LogP contribution < -0.4 is 20.1 Å². The summed E-state index contributed by atoms with van der Waals surface area (Å²) in [6, 6.07) is 12.5. The van der Waals surface area contributed by atoms with Crippen LogP contribution >= 0.6 is 0 Å². The summed E-state index contributed by atoms with van der Waals surface area (Å²) in [5, 5.41) is 4.98. The second kappa shape index (κ2) is 12.9. The predicted molar refractivity (Wildman–Crippen MR) is 111 cm³/mol. The number of rotatable bonds is 12. The fourth-order valence-electron chi connectivity index (χ4n) is 2.56. The van der Waals surface area contributed by atoms with Crippen LogP contribution in [-0.4, -0.2) is 50.7 Å². The lowest BCUT2D eigenvalue weighted by Gasteiger charge is -2.09. The highest BCUT2D eigenvalue weighted by molar-refractivity contribution is 5.96. The van der Waals surface area contributed by atoms with E-state index in [1.54, 1.807) is 36.4 Å². The monoisotopic (exact) mass is 450 g/mol. The number of esters is 1. The number of hydrogen-bond acceptors (Lipinski definition) is 6. The fraction of sp³-hybridized carbons (Fsp3) is 0.318. The van der Waals surface area contributed by atoms with Crippen LogP contribution in [0.25, 0.3) is 0 Å². The summed E-state index contributed by atoms with van der Waals surface area (Å²) in [4.78, 5) is 35.5. The number of benzene rings is 2. The summed E-state index contributed by atoms with van der Waals surface area (Å²) < 4.78 is 38.6. The number of carbonyl (C=O) groups is 3. The Morgan fingerprint density at radius 2 is 1.59 bits per heavy atom. The van der Waals surface area contributed by atoms with Gasteiger partial charge < -0.3 is 24.8 Å². The van der Waals surface area contributed by atoms with Crippen molar-refractivity contribution in [3.63, 3.8) is 0 Å². The smallest absolute Gasteiger partial charge is 0.387 e. The van der Waals surface area contributed by atoms with Crippen molar-refractivity contribution in [3.05, 3.63) is 59.7 Å². The zero-order valence-electron chi connectivity index (χ0n) is 17.4. The van der Waals surface area contributed by atoms with E-state index in [9.17, 15) is 23.2 Å². The maximum Gasteiger partial charge on any atom is 0.387 e. The van der Waals surface area contributed by atoms with E-state index < -0.39 is 31.0 Å². The zero-order chi connectivity index (χ0) is 23.3. The Labute approximate surface area is 183 Å². The van der Waals surface area contributed by atoms with E-state index in [1.165, 1.54) is 12.1 Å². The summed E-state index contributed by atoms with van der Waals surface area (Å²) in [7, 11) is 0. The van der Waals surface area contributed by atoms with Gasteiger partial charge in [0.05, 0.1) is 6.61 Å². The highest BCUT2D eigenvalue weighted by atomic mass is 19.3. The number of halogens is 2. The molecule has 0 saturated heterocycles. The minimum Gasteiger partial charge on any atom is -0.494 e. The average Bonchev–Trinajstić information content (AvgIpc) is 2.77. The molecule has 8 nitrogen and oxygen atoms in total. The molecule has 0 saturated carbocycles. The highest BCUT2D eigenvalue weighted by Gasteiger charge is 2.11. The van der Waals surface area contributed by atoms with Crippen LogP contribution in [0.4, 0.5) is 8.78 Å². The van der Waals surface area contributed by atoms with E-state index in [4.69, 9.17) is 9.47 Å². The van der Waals surface area contributed by atoms with E-state index in [0.29, 0.717) is 24.3 Å². The van der Waals surface area contributed by atoms with Crippen LogP contribution in [0.5, 0.6) is 11.5 Å². The first-order chi connectivity index (χ1) is 15.4. The molecule has 0 spiro atoms. The average molecular weight is 450 g/mol. The van der Waals surface area contributed by atoms with Gasteiger partial charge in [-0.2, -0.15) is 8.78 Å². The molecule has 0 fully saturated rings. The van der Waals surface area contributed by atoms with Gasteiger partial charge in [-0.3, -0.25) is 14.4 Å². The molecular weight excluding hydrogens is 426 g/mol. The number of amides is 2. The molecule has 0 atom stereocenters. The summed E-state index contributed by atoms with van der Waals surface area (Å²) in [5.74, 6) is -1.04. The minimum absolute atomic E-state index is 0.0503. The third-order valence-electron chi connectivity index (χ3n) is 4.07. The lowest BCUT2D eigenvalue weighted by molar-refractivity contribution is -0.147. The first kappa shape index (κ1) is 24.6. The quantitative estimate of drug-likeness (QED) is 0.481. The van der Waals surface area contributed by atoms with Crippen molar-refractivity contribution in [2.45, 2.75) is 20.0 Å². The Bertz CT molecular complexity index is 888. The number of carbonyl (C=O) groups excluding carboxylic acids is 3.